The summed E-state index contributed by atoms with van der Waals surface area (Å²) in [6.45, 7) is 3.42. The van der Waals surface area contributed by atoms with Crippen molar-refractivity contribution in [3.8, 4) is 0 Å². The molecule has 3 rings (SSSR count). The van der Waals surface area contributed by atoms with E-state index < -0.39 is 0 Å². The van der Waals surface area contributed by atoms with E-state index >= 15 is 0 Å². The molecule has 1 aliphatic heterocycles. The monoisotopic (exact) mass is 257 g/mol. The summed E-state index contributed by atoms with van der Waals surface area (Å²) < 4.78 is 11.0. The van der Waals surface area contributed by atoms with Crippen molar-refractivity contribution in [2.24, 2.45) is 5.73 Å². The Morgan fingerprint density at radius 1 is 1.05 bits per heavy atom. The van der Waals surface area contributed by atoms with Gasteiger partial charge in [-0.1, -0.05) is 49.4 Å². The first-order valence-corrected chi connectivity index (χ1v) is 6.74. The fourth-order valence-corrected chi connectivity index (χ4v) is 2.69. The first-order chi connectivity index (χ1) is 9.27. The van der Waals surface area contributed by atoms with E-state index in [1.807, 2.05) is 0 Å². The van der Waals surface area contributed by atoms with Crippen molar-refractivity contribution in [3.05, 3.63) is 48.0 Å². The molecule has 3 heteroatoms. The lowest BCUT2D eigenvalue weighted by molar-refractivity contribution is -0.0631. The van der Waals surface area contributed by atoms with E-state index in [4.69, 9.17) is 15.2 Å². The molecule has 0 aromatic heterocycles. The van der Waals surface area contributed by atoms with E-state index in [0.29, 0.717) is 13.2 Å². The summed E-state index contributed by atoms with van der Waals surface area (Å²) in [5, 5.41) is 2.50. The van der Waals surface area contributed by atoms with Crippen LogP contribution in [0.1, 0.15) is 18.4 Å². The van der Waals surface area contributed by atoms with Gasteiger partial charge in [-0.3, -0.25) is 0 Å². The van der Waals surface area contributed by atoms with Gasteiger partial charge < -0.3 is 15.2 Å². The average molecular weight is 257 g/mol. The Kier molecular flexibility index (Phi) is 3.51. The Labute approximate surface area is 113 Å². The van der Waals surface area contributed by atoms with E-state index in [2.05, 4.69) is 49.4 Å². The molecule has 2 N–H and O–H groups in total. The number of fused-ring (bicyclic) bond motifs is 1. The van der Waals surface area contributed by atoms with Crippen LogP contribution in [0.15, 0.2) is 42.5 Å². The van der Waals surface area contributed by atoms with Gasteiger partial charge in [0, 0.05) is 5.92 Å². The molecule has 0 bridgehead atoms. The van der Waals surface area contributed by atoms with E-state index in [1.54, 1.807) is 0 Å². The highest BCUT2D eigenvalue weighted by Gasteiger charge is 2.29. The maximum Gasteiger partial charge on any atom is 0.173 e. The Bertz CT molecular complexity index is 558. The standard InChI is InChI=1S/C16H19NO2/c1-11(15(17)16-18-9-10-19-16)13-8-4-6-12-5-2-3-7-14(12)13/h2-8,11,15-16H,9-10,17H2,1H3. The SMILES string of the molecule is CC(c1cccc2ccccc12)C(N)C1OCCO1. The van der Waals surface area contributed by atoms with Gasteiger partial charge in [0.2, 0.25) is 0 Å². The fraction of sp³-hybridized carbons (Fsp3) is 0.375. The second kappa shape index (κ2) is 5.29. The molecule has 2 unspecified atom stereocenters. The smallest absolute Gasteiger partial charge is 0.173 e. The van der Waals surface area contributed by atoms with E-state index in [9.17, 15) is 0 Å². The normalized spacial score (nSPS) is 19.7. The molecule has 100 valence electrons. The van der Waals surface area contributed by atoms with Crippen molar-refractivity contribution < 1.29 is 9.47 Å². The summed E-state index contributed by atoms with van der Waals surface area (Å²) in [7, 11) is 0. The van der Waals surface area contributed by atoms with E-state index in [1.165, 1.54) is 16.3 Å². The molecule has 2 aromatic carbocycles. The van der Waals surface area contributed by atoms with Crippen LogP contribution in [0.4, 0.5) is 0 Å². The predicted octanol–water partition coefficient (Wildman–Crippen LogP) is 2.64. The van der Waals surface area contributed by atoms with Gasteiger partial charge in [0.15, 0.2) is 6.29 Å². The number of benzene rings is 2. The zero-order chi connectivity index (χ0) is 13.2. The third kappa shape index (κ3) is 2.37. The lowest BCUT2D eigenvalue weighted by Crippen LogP contribution is -2.39. The molecular formula is C16H19NO2. The summed E-state index contributed by atoms with van der Waals surface area (Å²) in [5.74, 6) is 0.189. The Morgan fingerprint density at radius 2 is 1.74 bits per heavy atom. The van der Waals surface area contributed by atoms with Gasteiger partial charge in [0.25, 0.3) is 0 Å². The van der Waals surface area contributed by atoms with Gasteiger partial charge in [-0.25, -0.2) is 0 Å². The number of hydrogen-bond donors (Lipinski definition) is 1. The number of rotatable bonds is 3. The minimum atomic E-state index is -0.283. The van der Waals surface area contributed by atoms with E-state index in [0.717, 1.165) is 0 Å². The van der Waals surface area contributed by atoms with Crippen LogP contribution >= 0.6 is 0 Å². The predicted molar refractivity (Wildman–Crippen MR) is 76.0 cm³/mol. The molecule has 0 saturated carbocycles. The minimum absolute atomic E-state index is 0.145. The van der Waals surface area contributed by atoms with Gasteiger partial charge >= 0.3 is 0 Å². The Morgan fingerprint density at radius 3 is 2.53 bits per heavy atom. The molecule has 1 saturated heterocycles. The Hall–Kier alpha value is -1.42. The van der Waals surface area contributed by atoms with E-state index in [-0.39, 0.29) is 18.2 Å². The molecule has 2 aromatic rings. The van der Waals surface area contributed by atoms with Crippen molar-refractivity contribution >= 4 is 10.8 Å². The number of nitrogens with two attached hydrogens (primary N) is 1. The van der Waals surface area contributed by atoms with Crippen molar-refractivity contribution in [3.63, 3.8) is 0 Å². The zero-order valence-corrected chi connectivity index (χ0v) is 11.1. The fourth-order valence-electron chi connectivity index (χ4n) is 2.69. The maximum atomic E-state index is 6.30. The van der Waals surface area contributed by atoms with Gasteiger partial charge in [-0.15, -0.1) is 0 Å². The van der Waals surface area contributed by atoms with Crippen molar-refractivity contribution in [2.45, 2.75) is 25.2 Å². The minimum Gasteiger partial charge on any atom is -0.349 e. The largest absolute Gasteiger partial charge is 0.349 e. The van der Waals surface area contributed by atoms with Crippen LogP contribution in [-0.2, 0) is 9.47 Å². The third-order valence-electron chi connectivity index (χ3n) is 3.85. The molecule has 19 heavy (non-hydrogen) atoms. The first kappa shape index (κ1) is 12.6. The summed E-state index contributed by atoms with van der Waals surface area (Å²) in [4.78, 5) is 0. The van der Waals surface area contributed by atoms with Crippen LogP contribution < -0.4 is 5.73 Å². The summed E-state index contributed by atoms with van der Waals surface area (Å²) in [6, 6.07) is 14.6. The first-order valence-electron chi connectivity index (χ1n) is 6.74. The van der Waals surface area contributed by atoms with Crippen LogP contribution in [0.2, 0.25) is 0 Å². The molecule has 0 spiro atoms. The van der Waals surface area contributed by atoms with Crippen LogP contribution in [0.5, 0.6) is 0 Å². The van der Waals surface area contributed by atoms with Crippen LogP contribution in [0.3, 0.4) is 0 Å². The lowest BCUT2D eigenvalue weighted by atomic mass is 9.89. The number of hydrogen-bond acceptors (Lipinski definition) is 3. The van der Waals surface area contributed by atoms with Gasteiger partial charge in [0.1, 0.15) is 0 Å². The second-order valence-electron chi connectivity index (χ2n) is 5.04. The molecule has 1 fully saturated rings. The van der Waals surface area contributed by atoms with Crippen molar-refractivity contribution in [1.29, 1.82) is 0 Å². The highest BCUT2D eigenvalue weighted by molar-refractivity contribution is 5.86. The average Bonchev–Trinajstić information content (AvgIpc) is 2.99. The van der Waals surface area contributed by atoms with Crippen LogP contribution in [0.25, 0.3) is 10.8 Å². The van der Waals surface area contributed by atoms with Crippen LogP contribution in [-0.4, -0.2) is 25.5 Å². The lowest BCUT2D eigenvalue weighted by Gasteiger charge is -2.25. The molecule has 0 aliphatic carbocycles. The highest BCUT2D eigenvalue weighted by Crippen LogP contribution is 2.29. The third-order valence-corrected chi connectivity index (χ3v) is 3.85. The summed E-state index contributed by atoms with van der Waals surface area (Å²) in [5.41, 5.74) is 7.55. The second-order valence-corrected chi connectivity index (χ2v) is 5.04. The highest BCUT2D eigenvalue weighted by atomic mass is 16.7. The molecule has 3 nitrogen and oxygen atoms in total. The van der Waals surface area contributed by atoms with Gasteiger partial charge in [-0.05, 0) is 16.3 Å². The zero-order valence-electron chi connectivity index (χ0n) is 11.1. The topological polar surface area (TPSA) is 44.5 Å². The van der Waals surface area contributed by atoms with Crippen molar-refractivity contribution in [2.75, 3.05) is 13.2 Å². The molecular weight excluding hydrogens is 238 g/mol. The van der Waals surface area contributed by atoms with Gasteiger partial charge in [-0.2, -0.15) is 0 Å². The Balaban J connectivity index is 1.94. The summed E-state index contributed by atoms with van der Waals surface area (Å²) in [6.07, 6.45) is -0.283. The molecule has 1 aliphatic rings. The van der Waals surface area contributed by atoms with Gasteiger partial charge in [0.05, 0.1) is 19.3 Å². The van der Waals surface area contributed by atoms with Crippen molar-refractivity contribution in [1.82, 2.24) is 0 Å². The quantitative estimate of drug-likeness (QED) is 0.919. The van der Waals surface area contributed by atoms with Crippen LogP contribution in [0, 0.1) is 0 Å². The molecule has 0 radical (unpaired) electrons. The summed E-state index contributed by atoms with van der Waals surface area (Å²) >= 11 is 0. The number of ether oxygens (including phenoxy) is 2. The molecule has 2 atom stereocenters. The molecule has 1 heterocycles. The maximum absolute atomic E-state index is 6.30. The molecule has 0 amide bonds.